The van der Waals surface area contributed by atoms with Gasteiger partial charge in [0.25, 0.3) is 0 Å². The number of nitrogens with one attached hydrogen (secondary N) is 1. The molecular formula is C24H34N4O3S. The van der Waals surface area contributed by atoms with E-state index in [1.54, 1.807) is 13.2 Å². The predicted octanol–water partition coefficient (Wildman–Crippen LogP) is 3.79. The van der Waals surface area contributed by atoms with Gasteiger partial charge in [-0.3, -0.25) is 0 Å². The first-order chi connectivity index (χ1) is 15.4. The molecule has 2 atom stereocenters. The Kier molecular flexibility index (Phi) is 8.81. The summed E-state index contributed by atoms with van der Waals surface area (Å²) in [6.07, 6.45) is -0.560. The van der Waals surface area contributed by atoms with Gasteiger partial charge >= 0.3 is 0 Å². The topological polar surface area (TPSA) is 69.6 Å². The van der Waals surface area contributed by atoms with Crippen LogP contribution in [0.1, 0.15) is 37.0 Å². The number of hydrogen-bond acceptors (Lipinski definition) is 7. The number of anilines is 1. The standard InChI is InChI=1S/C24H34N4O3S/c1-17(2)20-16-19(10-11-21(20)29)28-23(25-24(32)26-28)22(18-8-6-5-7-9-18)31-15-13-27(3)12-14-30-4/h5-11,16-17,22-23,29H,12-15H2,1-4H3,(H2,25,26,32). The normalized spacial score (nSPS) is 17.0. The first-order valence-electron chi connectivity index (χ1n) is 10.9. The van der Waals surface area contributed by atoms with E-state index in [0.29, 0.717) is 18.4 Å². The molecule has 2 unspecified atom stereocenters. The van der Waals surface area contributed by atoms with E-state index in [9.17, 15) is 5.11 Å². The van der Waals surface area contributed by atoms with Crippen LogP contribution >= 0.6 is 12.6 Å². The van der Waals surface area contributed by atoms with E-state index >= 15 is 0 Å². The summed E-state index contributed by atoms with van der Waals surface area (Å²) in [6.45, 7) is 6.99. The van der Waals surface area contributed by atoms with E-state index in [1.165, 1.54) is 0 Å². The third kappa shape index (κ3) is 6.16. The number of amidine groups is 1. The fraction of sp³-hybridized carbons (Fsp3) is 0.458. The SMILES string of the molecule is COCCN(C)CCOC(c1ccccc1)C1NC(S)=NN1c1ccc(O)c(C(C)C)c1. The van der Waals surface area contributed by atoms with Crippen LogP contribution in [-0.2, 0) is 9.47 Å². The molecular weight excluding hydrogens is 424 g/mol. The van der Waals surface area contributed by atoms with Crippen LogP contribution in [0.2, 0.25) is 0 Å². The number of phenols is 1. The zero-order chi connectivity index (χ0) is 23.1. The van der Waals surface area contributed by atoms with Gasteiger partial charge in [0, 0.05) is 20.2 Å². The number of phenolic OH excluding ortho intramolecular Hbond substituents is 1. The van der Waals surface area contributed by atoms with E-state index < -0.39 is 0 Å². The molecule has 0 fully saturated rings. The van der Waals surface area contributed by atoms with E-state index in [2.05, 4.69) is 61.0 Å². The molecule has 32 heavy (non-hydrogen) atoms. The maximum atomic E-state index is 10.3. The molecule has 3 rings (SSSR count). The first kappa shape index (κ1) is 24.4. The van der Waals surface area contributed by atoms with Gasteiger partial charge in [-0.15, -0.1) is 17.7 Å². The number of hydrazone groups is 1. The molecule has 0 aromatic heterocycles. The second kappa shape index (κ2) is 11.6. The quantitative estimate of drug-likeness (QED) is 0.445. The van der Waals surface area contributed by atoms with E-state index in [0.717, 1.165) is 29.9 Å². The highest BCUT2D eigenvalue weighted by Crippen LogP contribution is 2.35. The number of likely N-dealkylation sites (N-methyl/N-ethyl adjacent to an activating group) is 1. The fourth-order valence-corrected chi connectivity index (χ4v) is 3.89. The minimum absolute atomic E-state index is 0.187. The highest BCUT2D eigenvalue weighted by molar-refractivity contribution is 7.96. The summed E-state index contributed by atoms with van der Waals surface area (Å²) in [5, 5.41) is 20.6. The molecule has 0 bridgehead atoms. The second-order valence-corrected chi connectivity index (χ2v) is 8.68. The number of hydrogen-bond donors (Lipinski definition) is 3. The Bertz CT molecular complexity index is 894. The van der Waals surface area contributed by atoms with Crippen LogP contribution in [0.15, 0.2) is 53.6 Å². The number of thiol groups is 1. The van der Waals surface area contributed by atoms with Crippen molar-refractivity contribution in [3.05, 3.63) is 59.7 Å². The predicted molar refractivity (Wildman–Crippen MR) is 133 cm³/mol. The van der Waals surface area contributed by atoms with Gasteiger partial charge in [-0.05, 0) is 42.3 Å². The molecule has 2 aromatic carbocycles. The summed E-state index contributed by atoms with van der Waals surface area (Å²) in [5.41, 5.74) is 2.80. The van der Waals surface area contributed by atoms with Gasteiger partial charge in [0.05, 0.1) is 18.9 Å². The van der Waals surface area contributed by atoms with Crippen molar-refractivity contribution in [2.75, 3.05) is 45.5 Å². The summed E-state index contributed by atoms with van der Waals surface area (Å²) in [7, 11) is 3.76. The minimum atomic E-state index is -0.281. The van der Waals surface area contributed by atoms with Crippen molar-refractivity contribution >= 4 is 23.5 Å². The Morgan fingerprint density at radius 1 is 1.16 bits per heavy atom. The average Bonchev–Trinajstić information content (AvgIpc) is 3.17. The highest BCUT2D eigenvalue weighted by Gasteiger charge is 2.35. The zero-order valence-corrected chi connectivity index (χ0v) is 20.1. The van der Waals surface area contributed by atoms with Gasteiger partial charge in [-0.1, -0.05) is 44.2 Å². The van der Waals surface area contributed by atoms with Crippen LogP contribution in [0.5, 0.6) is 5.75 Å². The first-order valence-corrected chi connectivity index (χ1v) is 11.4. The molecule has 2 N–H and O–H groups in total. The van der Waals surface area contributed by atoms with Crippen molar-refractivity contribution in [2.45, 2.75) is 32.0 Å². The average molecular weight is 459 g/mol. The molecule has 7 nitrogen and oxygen atoms in total. The van der Waals surface area contributed by atoms with Crippen molar-refractivity contribution < 1.29 is 14.6 Å². The second-order valence-electron chi connectivity index (χ2n) is 8.25. The van der Waals surface area contributed by atoms with Gasteiger partial charge in [0.15, 0.2) is 11.3 Å². The molecule has 0 saturated heterocycles. The van der Waals surface area contributed by atoms with Crippen molar-refractivity contribution in [2.24, 2.45) is 5.10 Å². The summed E-state index contributed by atoms with van der Waals surface area (Å²) >= 11 is 4.49. The van der Waals surface area contributed by atoms with Crippen LogP contribution in [0.3, 0.4) is 0 Å². The van der Waals surface area contributed by atoms with Crippen LogP contribution in [-0.4, -0.2) is 61.8 Å². The van der Waals surface area contributed by atoms with E-state index in [1.807, 2.05) is 35.3 Å². The molecule has 8 heteroatoms. The lowest BCUT2D eigenvalue weighted by atomic mass is 10.0. The Morgan fingerprint density at radius 2 is 1.88 bits per heavy atom. The zero-order valence-electron chi connectivity index (χ0n) is 19.2. The Balaban J connectivity index is 1.84. The van der Waals surface area contributed by atoms with Crippen molar-refractivity contribution in [1.29, 1.82) is 0 Å². The van der Waals surface area contributed by atoms with Crippen molar-refractivity contribution in [3.8, 4) is 5.75 Å². The van der Waals surface area contributed by atoms with Gasteiger partial charge in [-0.25, -0.2) is 5.01 Å². The number of ether oxygens (including phenoxy) is 2. The Morgan fingerprint density at radius 3 is 2.56 bits per heavy atom. The van der Waals surface area contributed by atoms with Crippen molar-refractivity contribution in [1.82, 2.24) is 10.2 Å². The van der Waals surface area contributed by atoms with Crippen LogP contribution in [0, 0.1) is 0 Å². The molecule has 0 amide bonds. The lowest BCUT2D eigenvalue weighted by molar-refractivity contribution is 0.0186. The molecule has 0 saturated carbocycles. The number of nitrogens with zero attached hydrogens (tertiary/aromatic N) is 3. The summed E-state index contributed by atoms with van der Waals surface area (Å²) in [5.74, 6) is 0.477. The van der Waals surface area contributed by atoms with Gasteiger partial charge in [0.2, 0.25) is 0 Å². The fourth-order valence-electron chi connectivity index (χ4n) is 3.66. The lowest BCUT2D eigenvalue weighted by Gasteiger charge is -2.32. The summed E-state index contributed by atoms with van der Waals surface area (Å²) < 4.78 is 11.6. The third-order valence-electron chi connectivity index (χ3n) is 5.50. The van der Waals surface area contributed by atoms with E-state index in [4.69, 9.17) is 9.47 Å². The molecule has 1 aliphatic heterocycles. The highest BCUT2D eigenvalue weighted by atomic mass is 32.1. The van der Waals surface area contributed by atoms with Gasteiger partial charge in [0.1, 0.15) is 11.9 Å². The Hall–Kier alpha value is -2.26. The number of aromatic hydroxyl groups is 1. The third-order valence-corrected chi connectivity index (χ3v) is 5.72. The monoisotopic (exact) mass is 458 g/mol. The summed E-state index contributed by atoms with van der Waals surface area (Å²) in [6, 6.07) is 15.7. The number of rotatable bonds is 11. The largest absolute Gasteiger partial charge is 0.508 e. The molecule has 174 valence electrons. The van der Waals surface area contributed by atoms with Gasteiger partial charge in [-0.2, -0.15) is 0 Å². The molecule has 1 aliphatic rings. The Labute approximate surface area is 196 Å². The summed E-state index contributed by atoms with van der Waals surface area (Å²) in [4.78, 5) is 2.18. The number of methoxy groups -OCH3 is 1. The van der Waals surface area contributed by atoms with E-state index in [-0.39, 0.29) is 23.9 Å². The van der Waals surface area contributed by atoms with Crippen LogP contribution < -0.4 is 10.3 Å². The number of benzene rings is 2. The molecule has 1 heterocycles. The molecule has 0 aliphatic carbocycles. The maximum Gasteiger partial charge on any atom is 0.179 e. The molecule has 0 radical (unpaired) electrons. The maximum absolute atomic E-state index is 10.3. The lowest BCUT2D eigenvalue weighted by Crippen LogP contribution is -2.44. The minimum Gasteiger partial charge on any atom is -0.508 e. The van der Waals surface area contributed by atoms with Crippen LogP contribution in [0.25, 0.3) is 0 Å². The smallest absolute Gasteiger partial charge is 0.179 e. The van der Waals surface area contributed by atoms with Gasteiger partial charge < -0.3 is 24.8 Å². The van der Waals surface area contributed by atoms with Crippen molar-refractivity contribution in [3.63, 3.8) is 0 Å². The molecule has 0 spiro atoms. The molecule has 2 aromatic rings. The van der Waals surface area contributed by atoms with Crippen LogP contribution in [0.4, 0.5) is 5.69 Å².